The molecule has 0 radical (unpaired) electrons. The Labute approximate surface area is 83.5 Å². The minimum Gasteiger partial charge on any atom is -0.248 e. The molecule has 0 saturated carbocycles. The van der Waals surface area contributed by atoms with Gasteiger partial charge in [0, 0.05) is 6.42 Å². The van der Waals surface area contributed by atoms with Crippen molar-refractivity contribution < 1.29 is 0 Å². The van der Waals surface area contributed by atoms with E-state index in [-0.39, 0.29) is 0 Å². The highest BCUT2D eigenvalue weighted by Crippen LogP contribution is 2.29. The first kappa shape index (κ1) is 7.74. The van der Waals surface area contributed by atoms with Gasteiger partial charge in [-0.3, -0.25) is 0 Å². The largest absolute Gasteiger partial charge is 0.248 e. The van der Waals surface area contributed by atoms with Crippen molar-refractivity contribution in [3.63, 3.8) is 0 Å². The van der Waals surface area contributed by atoms with E-state index in [0.717, 1.165) is 24.2 Å². The average molecular weight is 181 g/mol. The number of allylic oxidation sites excluding steroid dienone is 4. The van der Waals surface area contributed by atoms with Crippen molar-refractivity contribution in [3.8, 4) is 0 Å². The Kier molecular flexibility index (Phi) is 1.63. The van der Waals surface area contributed by atoms with E-state index in [2.05, 4.69) is 41.4 Å². The van der Waals surface area contributed by atoms with Crippen LogP contribution in [0.25, 0.3) is 0 Å². The number of aliphatic imine (C=N–C) groups is 1. The van der Waals surface area contributed by atoms with Crippen molar-refractivity contribution in [2.45, 2.75) is 12.8 Å². The Hall–Kier alpha value is -1.63. The van der Waals surface area contributed by atoms with Gasteiger partial charge < -0.3 is 0 Å². The van der Waals surface area contributed by atoms with E-state index in [0.29, 0.717) is 0 Å². The monoisotopic (exact) mass is 181 g/mol. The van der Waals surface area contributed by atoms with E-state index < -0.39 is 0 Å². The lowest BCUT2D eigenvalue weighted by atomic mass is 9.93. The molecule has 0 saturated heterocycles. The van der Waals surface area contributed by atoms with Gasteiger partial charge in [0.2, 0.25) is 0 Å². The minimum atomic E-state index is 1.04. The first-order valence-corrected chi connectivity index (χ1v) is 4.96. The van der Waals surface area contributed by atoms with Crippen LogP contribution >= 0.6 is 0 Å². The van der Waals surface area contributed by atoms with Gasteiger partial charge in [0.25, 0.3) is 0 Å². The molecule has 1 aromatic carbocycles. The Bertz CT molecular complexity index is 464. The predicted molar refractivity (Wildman–Crippen MR) is 59.1 cm³/mol. The molecule has 1 aliphatic heterocycles. The minimum absolute atomic E-state index is 1.04. The van der Waals surface area contributed by atoms with Crippen molar-refractivity contribution in [1.82, 2.24) is 0 Å². The zero-order valence-electron chi connectivity index (χ0n) is 7.90. The summed E-state index contributed by atoms with van der Waals surface area (Å²) in [6.07, 6.45) is 8.66. The molecular weight excluding hydrogens is 170 g/mol. The molecule has 0 spiro atoms. The normalized spacial score (nSPS) is 18.0. The second-order valence-electron chi connectivity index (χ2n) is 3.67. The lowest BCUT2D eigenvalue weighted by Crippen LogP contribution is -2.09. The first-order valence-electron chi connectivity index (χ1n) is 4.96. The van der Waals surface area contributed by atoms with Gasteiger partial charge in [-0.25, -0.2) is 4.99 Å². The van der Waals surface area contributed by atoms with Crippen molar-refractivity contribution in [2.24, 2.45) is 4.99 Å². The van der Waals surface area contributed by atoms with Gasteiger partial charge in [-0.2, -0.15) is 0 Å². The van der Waals surface area contributed by atoms with Crippen LogP contribution in [-0.2, 0) is 6.42 Å². The molecule has 1 aromatic rings. The highest BCUT2D eigenvalue weighted by molar-refractivity contribution is 6.11. The van der Waals surface area contributed by atoms with E-state index in [4.69, 9.17) is 0 Å². The molecule has 0 aromatic heterocycles. The van der Waals surface area contributed by atoms with E-state index in [1.165, 1.54) is 11.1 Å². The molecule has 1 heterocycles. The first-order chi connectivity index (χ1) is 6.93. The third kappa shape index (κ3) is 1.13. The average Bonchev–Trinajstić information content (AvgIpc) is 2.26. The molecule has 1 aliphatic carbocycles. The van der Waals surface area contributed by atoms with Crippen LogP contribution in [0.5, 0.6) is 0 Å². The molecule has 0 N–H and O–H groups in total. The van der Waals surface area contributed by atoms with Gasteiger partial charge >= 0.3 is 0 Å². The number of para-hydroxylation sites is 1. The second-order valence-corrected chi connectivity index (χ2v) is 3.67. The van der Waals surface area contributed by atoms with Crippen LogP contribution in [0.3, 0.4) is 0 Å². The molecule has 2 aliphatic rings. The molecule has 1 nitrogen and oxygen atoms in total. The van der Waals surface area contributed by atoms with Crippen LogP contribution in [0.1, 0.15) is 12.0 Å². The van der Waals surface area contributed by atoms with Gasteiger partial charge in [-0.1, -0.05) is 30.4 Å². The SMILES string of the molecule is C1=CC2=Nc3ccccc3CC2=CC1. The Morgan fingerprint density at radius 2 is 2.07 bits per heavy atom. The number of benzene rings is 1. The van der Waals surface area contributed by atoms with Gasteiger partial charge in [0.05, 0.1) is 11.4 Å². The van der Waals surface area contributed by atoms with E-state index >= 15 is 0 Å². The maximum Gasteiger partial charge on any atom is 0.0672 e. The summed E-state index contributed by atoms with van der Waals surface area (Å²) in [5.74, 6) is 0. The number of fused-ring (bicyclic) bond motifs is 2. The summed E-state index contributed by atoms with van der Waals surface area (Å²) in [5.41, 5.74) is 5.00. The van der Waals surface area contributed by atoms with Crippen LogP contribution in [0.15, 0.2) is 53.1 Å². The fourth-order valence-corrected chi connectivity index (χ4v) is 1.98. The molecule has 3 rings (SSSR count). The summed E-state index contributed by atoms with van der Waals surface area (Å²) in [6, 6.07) is 8.37. The summed E-state index contributed by atoms with van der Waals surface area (Å²) in [7, 11) is 0. The Balaban J connectivity index is 2.17. The number of rotatable bonds is 0. The van der Waals surface area contributed by atoms with Gasteiger partial charge in [-0.15, -0.1) is 0 Å². The zero-order chi connectivity index (χ0) is 9.38. The lowest BCUT2D eigenvalue weighted by Gasteiger charge is -2.18. The highest BCUT2D eigenvalue weighted by atomic mass is 14.8. The topological polar surface area (TPSA) is 12.4 Å². The number of hydrogen-bond acceptors (Lipinski definition) is 1. The van der Waals surface area contributed by atoms with Crippen LogP contribution in [0, 0.1) is 0 Å². The molecule has 0 fully saturated rings. The van der Waals surface area contributed by atoms with Gasteiger partial charge in [0.1, 0.15) is 0 Å². The summed E-state index contributed by atoms with van der Waals surface area (Å²) in [5, 5.41) is 0. The third-order valence-electron chi connectivity index (χ3n) is 2.72. The molecule has 0 bridgehead atoms. The van der Waals surface area contributed by atoms with E-state index in [9.17, 15) is 0 Å². The lowest BCUT2D eigenvalue weighted by molar-refractivity contribution is 1.14. The molecule has 14 heavy (non-hydrogen) atoms. The zero-order valence-corrected chi connectivity index (χ0v) is 7.90. The Morgan fingerprint density at radius 3 is 3.07 bits per heavy atom. The maximum atomic E-state index is 4.63. The molecular formula is C13H11N. The van der Waals surface area contributed by atoms with Crippen LogP contribution < -0.4 is 0 Å². The van der Waals surface area contributed by atoms with Crippen LogP contribution in [-0.4, -0.2) is 5.71 Å². The predicted octanol–water partition coefficient (Wildman–Crippen LogP) is 3.20. The van der Waals surface area contributed by atoms with E-state index in [1.807, 2.05) is 6.07 Å². The number of nitrogens with zero attached hydrogens (tertiary/aromatic N) is 1. The van der Waals surface area contributed by atoms with E-state index in [1.54, 1.807) is 0 Å². The summed E-state index contributed by atoms with van der Waals surface area (Å²) in [4.78, 5) is 4.63. The molecule has 68 valence electrons. The third-order valence-corrected chi connectivity index (χ3v) is 2.72. The molecule has 0 atom stereocenters. The smallest absolute Gasteiger partial charge is 0.0672 e. The van der Waals surface area contributed by atoms with Crippen LogP contribution in [0.4, 0.5) is 5.69 Å². The number of hydrogen-bond donors (Lipinski definition) is 0. The summed E-state index contributed by atoms with van der Waals surface area (Å²) < 4.78 is 0. The summed E-state index contributed by atoms with van der Waals surface area (Å²) in [6.45, 7) is 0. The fraction of sp³-hybridized carbons (Fsp3) is 0.154. The van der Waals surface area contributed by atoms with Crippen LogP contribution in [0.2, 0.25) is 0 Å². The fourth-order valence-electron chi connectivity index (χ4n) is 1.98. The highest BCUT2D eigenvalue weighted by Gasteiger charge is 2.15. The standard InChI is InChI=1S/C13H11N/c1-3-7-12-10(5-1)9-11-6-2-4-8-13(11)14-12/h1,3-8H,2,9H2. The van der Waals surface area contributed by atoms with Crippen molar-refractivity contribution in [2.75, 3.05) is 0 Å². The van der Waals surface area contributed by atoms with Gasteiger partial charge in [-0.05, 0) is 29.7 Å². The Morgan fingerprint density at radius 1 is 1.14 bits per heavy atom. The molecule has 1 heteroatoms. The molecule has 0 unspecified atom stereocenters. The van der Waals surface area contributed by atoms with Crippen molar-refractivity contribution >= 4 is 11.4 Å². The second kappa shape index (κ2) is 2.95. The summed E-state index contributed by atoms with van der Waals surface area (Å²) >= 11 is 0. The van der Waals surface area contributed by atoms with Crippen molar-refractivity contribution in [1.29, 1.82) is 0 Å². The van der Waals surface area contributed by atoms with Gasteiger partial charge in [0.15, 0.2) is 0 Å². The van der Waals surface area contributed by atoms with Crippen molar-refractivity contribution in [3.05, 3.63) is 53.6 Å². The maximum absolute atomic E-state index is 4.63. The quantitative estimate of drug-likeness (QED) is 0.582. The molecule has 0 amide bonds.